The molecule has 116 valence electrons. The van der Waals surface area contributed by atoms with Crippen molar-refractivity contribution in [3.05, 3.63) is 17.9 Å². The van der Waals surface area contributed by atoms with E-state index in [1.54, 1.807) is 0 Å². The van der Waals surface area contributed by atoms with Crippen molar-refractivity contribution >= 4 is 0 Å². The molecule has 1 aliphatic rings. The first-order chi connectivity index (χ1) is 9.53. The number of rotatable bonds is 10. The summed E-state index contributed by atoms with van der Waals surface area (Å²) < 4.78 is 0. The molecule has 0 heteroatoms. The summed E-state index contributed by atoms with van der Waals surface area (Å²) >= 11 is 0. The Morgan fingerprint density at radius 3 is 2.35 bits per heavy atom. The molecule has 0 bridgehead atoms. The smallest absolute Gasteiger partial charge is 0.0244 e. The molecule has 1 rings (SSSR count). The predicted octanol–water partition coefficient (Wildman–Crippen LogP) is 6.77. The van der Waals surface area contributed by atoms with Crippen molar-refractivity contribution in [3.8, 4) is 0 Å². The van der Waals surface area contributed by atoms with Crippen LogP contribution in [0.5, 0.6) is 0 Å². The lowest BCUT2D eigenvalue weighted by molar-refractivity contribution is 0.392. The molecular weight excluding hydrogens is 240 g/mol. The molecule has 0 spiro atoms. The lowest BCUT2D eigenvalue weighted by Crippen LogP contribution is -2.01. The van der Waals surface area contributed by atoms with Crippen molar-refractivity contribution in [3.63, 3.8) is 0 Å². The monoisotopic (exact) mass is 276 g/mol. The van der Waals surface area contributed by atoms with E-state index in [2.05, 4.69) is 46.9 Å². The molecule has 0 aromatic rings. The maximum atomic E-state index is 3.74. The Bertz CT molecular complexity index is 334. The van der Waals surface area contributed by atoms with Gasteiger partial charge in [-0.15, -0.1) is 5.73 Å². The maximum Gasteiger partial charge on any atom is -0.0244 e. The first kappa shape index (κ1) is 17.6. The van der Waals surface area contributed by atoms with Gasteiger partial charge in [-0.25, -0.2) is 0 Å². The minimum Gasteiger partial charge on any atom is -0.130 e. The minimum absolute atomic E-state index is 0.679. The summed E-state index contributed by atoms with van der Waals surface area (Å²) in [5.74, 6) is 2.94. The quantitative estimate of drug-likeness (QED) is 0.386. The predicted molar refractivity (Wildman–Crippen MR) is 90.9 cm³/mol. The zero-order chi connectivity index (χ0) is 15.2. The van der Waals surface area contributed by atoms with Crippen molar-refractivity contribution in [1.82, 2.24) is 0 Å². The van der Waals surface area contributed by atoms with E-state index < -0.39 is 0 Å². The van der Waals surface area contributed by atoms with Crippen LogP contribution >= 0.6 is 0 Å². The molecular formula is C20H36. The average Bonchev–Trinajstić information content (AvgIpc) is 3.06. The molecule has 0 heterocycles. The molecule has 0 saturated heterocycles. The van der Waals surface area contributed by atoms with Gasteiger partial charge in [0.2, 0.25) is 0 Å². The van der Waals surface area contributed by atoms with Gasteiger partial charge < -0.3 is 0 Å². The number of hydrogen-bond acceptors (Lipinski definition) is 0. The number of hydrogen-bond donors (Lipinski definition) is 0. The summed E-state index contributed by atoms with van der Waals surface area (Å²) in [6.45, 7) is 15.5. The third-order valence-corrected chi connectivity index (χ3v) is 6.21. The molecule has 1 aliphatic carbocycles. The summed E-state index contributed by atoms with van der Waals surface area (Å²) in [6, 6.07) is 0. The second-order valence-electron chi connectivity index (χ2n) is 7.18. The van der Waals surface area contributed by atoms with Gasteiger partial charge in [0.25, 0.3) is 0 Å². The van der Waals surface area contributed by atoms with E-state index in [0.29, 0.717) is 5.41 Å². The molecule has 20 heavy (non-hydrogen) atoms. The van der Waals surface area contributed by atoms with Crippen molar-refractivity contribution in [1.29, 1.82) is 0 Å². The van der Waals surface area contributed by atoms with Crippen molar-refractivity contribution in [2.24, 2.45) is 23.2 Å². The van der Waals surface area contributed by atoms with Gasteiger partial charge >= 0.3 is 0 Å². The topological polar surface area (TPSA) is 0 Å². The molecule has 0 aromatic carbocycles. The lowest BCUT2D eigenvalue weighted by Gasteiger charge is -2.15. The number of allylic oxidation sites excluding steroid dienone is 1. The van der Waals surface area contributed by atoms with Crippen LogP contribution in [-0.4, -0.2) is 0 Å². The van der Waals surface area contributed by atoms with E-state index >= 15 is 0 Å². The van der Waals surface area contributed by atoms with Crippen molar-refractivity contribution < 1.29 is 0 Å². The second kappa shape index (κ2) is 8.08. The third-order valence-electron chi connectivity index (χ3n) is 6.21. The highest BCUT2D eigenvalue weighted by molar-refractivity contribution is 5.05. The van der Waals surface area contributed by atoms with Crippen LogP contribution in [0.4, 0.5) is 0 Å². The maximum absolute atomic E-state index is 3.74. The summed E-state index contributed by atoms with van der Waals surface area (Å²) in [5, 5.41) is 0. The molecule has 0 radical (unpaired) electrons. The Labute approximate surface area is 127 Å². The van der Waals surface area contributed by atoms with E-state index in [1.807, 2.05) is 0 Å². The van der Waals surface area contributed by atoms with Gasteiger partial charge in [0.15, 0.2) is 0 Å². The summed E-state index contributed by atoms with van der Waals surface area (Å²) in [7, 11) is 0. The fraction of sp³-hybridized carbons (Fsp3) is 0.850. The molecule has 4 unspecified atom stereocenters. The fourth-order valence-electron chi connectivity index (χ4n) is 4.26. The van der Waals surface area contributed by atoms with Crippen LogP contribution in [0.2, 0.25) is 0 Å². The average molecular weight is 277 g/mol. The molecule has 1 fully saturated rings. The van der Waals surface area contributed by atoms with Gasteiger partial charge in [0.1, 0.15) is 0 Å². The van der Waals surface area contributed by atoms with E-state index in [1.165, 1.54) is 56.9 Å². The van der Waals surface area contributed by atoms with E-state index in [-0.39, 0.29) is 0 Å². The van der Waals surface area contributed by atoms with Gasteiger partial charge in [0.05, 0.1) is 0 Å². The Kier molecular flexibility index (Phi) is 7.10. The normalized spacial score (nSPS) is 29.9. The SMILES string of the molecule is C=C=C(C)CCC(CC)CCCC1C(CC)C1(C)CC. The summed E-state index contributed by atoms with van der Waals surface area (Å²) in [4.78, 5) is 0. The van der Waals surface area contributed by atoms with E-state index in [4.69, 9.17) is 0 Å². The van der Waals surface area contributed by atoms with E-state index in [0.717, 1.165) is 17.8 Å². The highest BCUT2D eigenvalue weighted by atomic mass is 14.6. The zero-order valence-corrected chi connectivity index (χ0v) is 14.6. The van der Waals surface area contributed by atoms with Crippen LogP contribution in [0.25, 0.3) is 0 Å². The Morgan fingerprint density at radius 2 is 1.90 bits per heavy atom. The van der Waals surface area contributed by atoms with E-state index in [9.17, 15) is 0 Å². The van der Waals surface area contributed by atoms with Gasteiger partial charge in [-0.3, -0.25) is 0 Å². The highest BCUT2D eigenvalue weighted by Gasteiger charge is 2.57. The molecule has 0 nitrogen and oxygen atoms in total. The van der Waals surface area contributed by atoms with Crippen LogP contribution in [-0.2, 0) is 0 Å². The largest absolute Gasteiger partial charge is 0.130 e. The lowest BCUT2D eigenvalue weighted by atomic mass is 9.91. The third kappa shape index (κ3) is 4.26. The molecule has 0 aliphatic heterocycles. The molecule has 0 N–H and O–H groups in total. The zero-order valence-electron chi connectivity index (χ0n) is 14.6. The van der Waals surface area contributed by atoms with Gasteiger partial charge in [-0.2, -0.15) is 0 Å². The summed E-state index contributed by atoms with van der Waals surface area (Å²) in [5.41, 5.74) is 5.04. The molecule has 1 saturated carbocycles. The minimum atomic E-state index is 0.679. The Hall–Kier alpha value is -0.480. The van der Waals surface area contributed by atoms with Gasteiger partial charge in [-0.05, 0) is 54.9 Å². The molecule has 0 aromatic heterocycles. The van der Waals surface area contributed by atoms with Crippen molar-refractivity contribution in [2.45, 2.75) is 86.0 Å². The van der Waals surface area contributed by atoms with Crippen LogP contribution in [0.15, 0.2) is 17.9 Å². The fourth-order valence-corrected chi connectivity index (χ4v) is 4.26. The van der Waals surface area contributed by atoms with Crippen LogP contribution in [0.1, 0.15) is 86.0 Å². The van der Waals surface area contributed by atoms with Crippen LogP contribution in [0, 0.1) is 23.2 Å². The van der Waals surface area contributed by atoms with Gasteiger partial charge in [0, 0.05) is 0 Å². The van der Waals surface area contributed by atoms with Crippen LogP contribution in [0.3, 0.4) is 0 Å². The molecule has 0 amide bonds. The second-order valence-corrected chi connectivity index (χ2v) is 7.18. The van der Waals surface area contributed by atoms with Crippen molar-refractivity contribution in [2.75, 3.05) is 0 Å². The van der Waals surface area contributed by atoms with Gasteiger partial charge in [-0.1, -0.05) is 66.4 Å². The Morgan fingerprint density at radius 1 is 1.20 bits per heavy atom. The Balaban J connectivity index is 2.27. The summed E-state index contributed by atoms with van der Waals surface area (Å²) in [6.07, 6.45) is 10.9. The standard InChI is InChI=1S/C20H36/c1-7-16(5)14-15-17(8-2)12-11-13-19-18(9-3)20(19,6)10-4/h17-19H,1,8-15H2,2-6H3. The van der Waals surface area contributed by atoms with Crippen LogP contribution < -0.4 is 0 Å². The highest BCUT2D eigenvalue weighted by Crippen LogP contribution is 2.64. The first-order valence-corrected chi connectivity index (χ1v) is 8.88. The first-order valence-electron chi connectivity index (χ1n) is 8.88. The molecule has 4 atom stereocenters.